The van der Waals surface area contributed by atoms with E-state index in [4.69, 9.17) is 9.84 Å². The summed E-state index contributed by atoms with van der Waals surface area (Å²) < 4.78 is 5.10. The van der Waals surface area contributed by atoms with Crippen LogP contribution in [0.15, 0.2) is 154 Å². The minimum atomic E-state index is -1.000. The van der Waals surface area contributed by atoms with Gasteiger partial charge in [-0.15, -0.1) is 0 Å². The highest BCUT2D eigenvalue weighted by Gasteiger charge is 2.06. The Labute approximate surface area is 292 Å². The number of allylic oxidation sites excluding steroid dienone is 25. The topological polar surface area (TPSA) is 63.6 Å². The van der Waals surface area contributed by atoms with Gasteiger partial charge in [-0.2, -0.15) is 0 Å². The van der Waals surface area contributed by atoms with E-state index in [1.54, 1.807) is 0 Å². The Hall–Kier alpha value is -4.44. The van der Waals surface area contributed by atoms with Gasteiger partial charge >= 0.3 is 11.9 Å². The van der Waals surface area contributed by atoms with Crippen LogP contribution in [0.5, 0.6) is 0 Å². The molecule has 0 radical (unpaired) electrons. The Morgan fingerprint density at radius 2 is 0.875 bits per heavy atom. The smallest absolute Gasteiger partial charge is 0.306 e. The SMILES string of the molecule is CC(C)=CCCC(C)=CC=CC(C)=CC=CC(C)=CC=CC=C(C)C=CC=C(C)C=CC=C(C)CCC=C(C)COC(=O)CCC(=O)O. The number of ether oxygens (including phenoxy) is 1. The quantitative estimate of drug-likeness (QED) is 0.0761. The van der Waals surface area contributed by atoms with Crippen molar-refractivity contribution in [3.8, 4) is 0 Å². The van der Waals surface area contributed by atoms with Gasteiger partial charge in [0, 0.05) is 0 Å². The summed E-state index contributed by atoms with van der Waals surface area (Å²) in [5.41, 5.74) is 9.71. The van der Waals surface area contributed by atoms with Gasteiger partial charge in [-0.25, -0.2) is 0 Å². The van der Waals surface area contributed by atoms with Crippen molar-refractivity contribution in [1.82, 2.24) is 0 Å². The number of rotatable bonds is 21. The van der Waals surface area contributed by atoms with Crippen LogP contribution in [0, 0.1) is 0 Å². The number of carbonyl (C=O) groups is 2. The summed E-state index contributed by atoms with van der Waals surface area (Å²) >= 11 is 0. The lowest BCUT2D eigenvalue weighted by molar-refractivity contribution is -0.147. The summed E-state index contributed by atoms with van der Waals surface area (Å²) in [6.45, 7) is 19.0. The van der Waals surface area contributed by atoms with E-state index in [1.165, 1.54) is 33.4 Å². The molecule has 0 aliphatic rings. The molecule has 4 nitrogen and oxygen atoms in total. The summed E-state index contributed by atoms with van der Waals surface area (Å²) in [6.07, 6.45) is 41.6. The van der Waals surface area contributed by atoms with E-state index >= 15 is 0 Å². The van der Waals surface area contributed by atoms with Gasteiger partial charge in [0.05, 0.1) is 12.8 Å². The third-order valence-electron chi connectivity index (χ3n) is 6.87. The fourth-order valence-corrected chi connectivity index (χ4v) is 3.90. The van der Waals surface area contributed by atoms with E-state index in [1.807, 2.05) is 6.92 Å². The highest BCUT2D eigenvalue weighted by molar-refractivity contribution is 5.76. The monoisotopic (exact) mass is 652 g/mol. The largest absolute Gasteiger partial charge is 0.481 e. The predicted octanol–water partition coefficient (Wildman–Crippen LogP) is 12.3. The Bertz CT molecular complexity index is 1420. The molecular weight excluding hydrogens is 592 g/mol. The molecular formula is C44H60O4. The van der Waals surface area contributed by atoms with Crippen molar-refractivity contribution >= 4 is 11.9 Å². The Morgan fingerprint density at radius 3 is 1.29 bits per heavy atom. The molecule has 0 aliphatic heterocycles. The summed E-state index contributed by atoms with van der Waals surface area (Å²) in [5, 5.41) is 8.62. The molecule has 0 unspecified atom stereocenters. The minimum absolute atomic E-state index is 0.0992. The summed E-state index contributed by atoms with van der Waals surface area (Å²) in [7, 11) is 0. The van der Waals surface area contributed by atoms with Gasteiger partial charge in [0.25, 0.3) is 0 Å². The van der Waals surface area contributed by atoms with Gasteiger partial charge < -0.3 is 9.84 Å². The summed E-state index contributed by atoms with van der Waals surface area (Å²) in [4.78, 5) is 22.0. The second kappa shape index (κ2) is 27.7. The van der Waals surface area contributed by atoms with Crippen LogP contribution in [0.3, 0.4) is 0 Å². The molecule has 0 saturated heterocycles. The van der Waals surface area contributed by atoms with Crippen LogP contribution in [-0.2, 0) is 14.3 Å². The van der Waals surface area contributed by atoms with Crippen molar-refractivity contribution in [3.63, 3.8) is 0 Å². The maximum atomic E-state index is 11.5. The first kappa shape index (κ1) is 43.6. The maximum absolute atomic E-state index is 11.5. The summed E-state index contributed by atoms with van der Waals surface area (Å²) in [5.74, 6) is -1.48. The maximum Gasteiger partial charge on any atom is 0.306 e. The zero-order valence-corrected chi connectivity index (χ0v) is 31.0. The van der Waals surface area contributed by atoms with Gasteiger partial charge in [-0.05, 0) is 93.6 Å². The van der Waals surface area contributed by atoms with Crippen molar-refractivity contribution in [2.24, 2.45) is 0 Å². The Kier molecular flexibility index (Phi) is 25.1. The first-order valence-electron chi connectivity index (χ1n) is 16.8. The van der Waals surface area contributed by atoms with E-state index in [0.29, 0.717) is 0 Å². The van der Waals surface area contributed by atoms with Crippen LogP contribution >= 0.6 is 0 Å². The van der Waals surface area contributed by atoms with Crippen molar-refractivity contribution in [2.45, 2.75) is 101 Å². The molecule has 260 valence electrons. The summed E-state index contributed by atoms with van der Waals surface area (Å²) in [6, 6.07) is 0. The molecule has 4 heteroatoms. The zero-order valence-electron chi connectivity index (χ0n) is 31.0. The van der Waals surface area contributed by atoms with Gasteiger partial charge in [0.15, 0.2) is 0 Å². The molecule has 48 heavy (non-hydrogen) atoms. The van der Waals surface area contributed by atoms with Crippen LogP contribution in [0.25, 0.3) is 0 Å². The number of hydrogen-bond donors (Lipinski definition) is 1. The lowest BCUT2D eigenvalue weighted by atomic mass is 10.1. The Morgan fingerprint density at radius 1 is 0.479 bits per heavy atom. The van der Waals surface area contributed by atoms with Crippen LogP contribution < -0.4 is 0 Å². The van der Waals surface area contributed by atoms with Gasteiger partial charge in [0.1, 0.15) is 6.61 Å². The number of carbonyl (C=O) groups excluding carboxylic acids is 1. The normalized spacial score (nSPS) is 14.8. The van der Waals surface area contributed by atoms with Gasteiger partial charge in [0.2, 0.25) is 0 Å². The first-order chi connectivity index (χ1) is 22.8. The fourth-order valence-electron chi connectivity index (χ4n) is 3.90. The molecule has 0 rings (SSSR count). The van der Waals surface area contributed by atoms with Crippen molar-refractivity contribution in [1.29, 1.82) is 0 Å². The minimum Gasteiger partial charge on any atom is -0.481 e. The fraction of sp³-hybridized carbons (Fsp3) is 0.364. The van der Waals surface area contributed by atoms with E-state index in [9.17, 15) is 9.59 Å². The molecule has 1 N–H and O–H groups in total. The third-order valence-corrected chi connectivity index (χ3v) is 6.87. The molecule has 0 bridgehead atoms. The Balaban J connectivity index is 4.66. The molecule has 0 amide bonds. The number of hydrogen-bond acceptors (Lipinski definition) is 3. The van der Waals surface area contributed by atoms with Crippen LogP contribution in [0.4, 0.5) is 0 Å². The second-order valence-corrected chi connectivity index (χ2v) is 12.5. The second-order valence-electron chi connectivity index (χ2n) is 12.5. The van der Waals surface area contributed by atoms with E-state index in [2.05, 4.69) is 165 Å². The van der Waals surface area contributed by atoms with Crippen LogP contribution in [0.2, 0.25) is 0 Å². The van der Waals surface area contributed by atoms with Crippen molar-refractivity contribution in [3.05, 3.63) is 154 Å². The molecule has 0 spiro atoms. The lowest BCUT2D eigenvalue weighted by Crippen LogP contribution is -2.08. The molecule has 0 aromatic heterocycles. The van der Waals surface area contributed by atoms with Gasteiger partial charge in [-0.3, -0.25) is 9.59 Å². The molecule has 0 atom stereocenters. The number of esters is 1. The van der Waals surface area contributed by atoms with Crippen LogP contribution in [-0.4, -0.2) is 23.7 Å². The van der Waals surface area contributed by atoms with Gasteiger partial charge in [-0.1, -0.05) is 148 Å². The van der Waals surface area contributed by atoms with E-state index in [-0.39, 0.29) is 19.4 Å². The van der Waals surface area contributed by atoms with Crippen LogP contribution in [0.1, 0.15) is 101 Å². The highest BCUT2D eigenvalue weighted by atomic mass is 16.5. The number of aliphatic carboxylic acids is 1. The predicted molar refractivity (Wildman–Crippen MR) is 208 cm³/mol. The average molecular weight is 653 g/mol. The number of carboxylic acids is 1. The number of carboxylic acid groups (broad SMARTS) is 1. The third kappa shape index (κ3) is 29.0. The van der Waals surface area contributed by atoms with E-state index < -0.39 is 11.9 Å². The molecule has 0 aliphatic carbocycles. The molecule has 0 fully saturated rings. The molecule has 0 saturated carbocycles. The first-order valence-corrected chi connectivity index (χ1v) is 16.8. The standard InChI is InChI=1S/C44H60O4/c1-35(2)18-12-21-38(5)24-15-27-39(6)25-13-22-36(3)19-10-11-20-37(4)23-14-26-40(7)28-16-29-41(8)30-17-31-42(9)34-48-44(47)33-32-43(45)46/h10-11,13-16,18-20,22-29,31H,12,17,21,30,32-34H2,1-9H3,(H,45,46). The molecule has 0 heterocycles. The van der Waals surface area contributed by atoms with Crippen molar-refractivity contribution in [2.75, 3.05) is 6.61 Å². The molecule has 0 aromatic carbocycles. The molecule has 0 aromatic rings. The zero-order chi connectivity index (χ0) is 36.2. The highest BCUT2D eigenvalue weighted by Crippen LogP contribution is 2.10. The lowest BCUT2D eigenvalue weighted by Gasteiger charge is -2.04. The van der Waals surface area contributed by atoms with E-state index in [0.717, 1.165) is 36.8 Å². The average Bonchev–Trinajstić information content (AvgIpc) is 3.01. The van der Waals surface area contributed by atoms with Crippen molar-refractivity contribution < 1.29 is 19.4 Å².